The number of hydrogen-bond acceptors (Lipinski definition) is 2. The number of carbonyl (C=O) groups excluding carboxylic acids is 1. The van der Waals surface area contributed by atoms with Crippen molar-refractivity contribution in [2.75, 3.05) is 13.7 Å². The van der Waals surface area contributed by atoms with Crippen molar-refractivity contribution < 1.29 is 9.53 Å². The van der Waals surface area contributed by atoms with Crippen LogP contribution in [0.2, 0.25) is 0 Å². The lowest BCUT2D eigenvalue weighted by molar-refractivity contribution is -0.132. The van der Waals surface area contributed by atoms with E-state index in [0.29, 0.717) is 13.2 Å². The topological polar surface area (TPSA) is 29.5 Å². The Labute approximate surface area is 132 Å². The van der Waals surface area contributed by atoms with E-state index in [0.717, 1.165) is 21.3 Å². The number of amides is 1. The van der Waals surface area contributed by atoms with Gasteiger partial charge in [-0.15, -0.1) is 0 Å². The summed E-state index contributed by atoms with van der Waals surface area (Å²) >= 11 is 3.42. The van der Waals surface area contributed by atoms with Crippen molar-refractivity contribution in [1.29, 1.82) is 0 Å². The minimum absolute atomic E-state index is 0.0999. The normalized spacial score (nSPS) is 16.2. The summed E-state index contributed by atoms with van der Waals surface area (Å²) in [6.07, 6.45) is 0. The summed E-state index contributed by atoms with van der Waals surface area (Å²) in [5.41, 5.74) is 2.10. The highest BCUT2D eigenvalue weighted by atomic mass is 79.9. The van der Waals surface area contributed by atoms with Crippen LogP contribution in [0.15, 0.2) is 53.0 Å². The molecule has 1 atom stereocenters. The van der Waals surface area contributed by atoms with Gasteiger partial charge < -0.3 is 9.64 Å². The lowest BCUT2D eigenvalue weighted by atomic mass is 10.00. The molecule has 0 saturated carbocycles. The van der Waals surface area contributed by atoms with Crippen molar-refractivity contribution in [3.63, 3.8) is 0 Å². The molecule has 108 valence electrons. The third kappa shape index (κ3) is 2.95. The van der Waals surface area contributed by atoms with Crippen LogP contribution in [0.25, 0.3) is 0 Å². The van der Waals surface area contributed by atoms with Crippen LogP contribution in [0.1, 0.15) is 17.0 Å². The SMILES string of the molecule is CN(Cc1ccc(Br)cc1)C(=O)C1COc2ccccc21. The van der Waals surface area contributed by atoms with E-state index in [1.165, 1.54) is 0 Å². The van der Waals surface area contributed by atoms with Gasteiger partial charge in [-0.1, -0.05) is 46.3 Å². The number of benzene rings is 2. The summed E-state index contributed by atoms with van der Waals surface area (Å²) < 4.78 is 6.63. The highest BCUT2D eigenvalue weighted by Crippen LogP contribution is 2.34. The molecule has 2 aromatic carbocycles. The number of rotatable bonds is 3. The van der Waals surface area contributed by atoms with Crippen molar-refractivity contribution in [1.82, 2.24) is 4.90 Å². The van der Waals surface area contributed by atoms with Gasteiger partial charge in [0.15, 0.2) is 0 Å². The van der Waals surface area contributed by atoms with E-state index in [2.05, 4.69) is 15.9 Å². The average Bonchev–Trinajstić information content (AvgIpc) is 2.92. The number of para-hydroxylation sites is 1. The largest absolute Gasteiger partial charge is 0.492 e. The Morgan fingerprint density at radius 3 is 2.71 bits per heavy atom. The van der Waals surface area contributed by atoms with Crippen LogP contribution < -0.4 is 4.74 Å². The molecule has 0 aromatic heterocycles. The predicted molar refractivity (Wildman–Crippen MR) is 85.3 cm³/mol. The first kappa shape index (κ1) is 14.1. The van der Waals surface area contributed by atoms with E-state index in [-0.39, 0.29) is 11.8 Å². The fourth-order valence-corrected chi connectivity index (χ4v) is 2.84. The molecule has 0 radical (unpaired) electrons. The number of likely N-dealkylation sites (N-methyl/N-ethyl adjacent to an activating group) is 1. The van der Waals surface area contributed by atoms with E-state index >= 15 is 0 Å². The molecule has 3 nitrogen and oxygen atoms in total. The number of ether oxygens (including phenoxy) is 1. The van der Waals surface area contributed by atoms with Crippen molar-refractivity contribution in [2.24, 2.45) is 0 Å². The highest BCUT2D eigenvalue weighted by Gasteiger charge is 2.31. The Kier molecular flexibility index (Phi) is 3.97. The first-order chi connectivity index (χ1) is 10.1. The van der Waals surface area contributed by atoms with E-state index in [9.17, 15) is 4.79 Å². The lowest BCUT2D eigenvalue weighted by Crippen LogP contribution is -2.32. The van der Waals surface area contributed by atoms with Crippen LogP contribution in [0.3, 0.4) is 0 Å². The molecule has 0 aliphatic carbocycles. The van der Waals surface area contributed by atoms with Crippen molar-refractivity contribution in [3.05, 3.63) is 64.1 Å². The summed E-state index contributed by atoms with van der Waals surface area (Å²) in [4.78, 5) is 14.4. The second kappa shape index (κ2) is 5.90. The van der Waals surface area contributed by atoms with Crippen LogP contribution in [0.4, 0.5) is 0 Å². The van der Waals surface area contributed by atoms with Crippen molar-refractivity contribution in [3.8, 4) is 5.75 Å². The Bertz CT molecular complexity index is 654. The molecule has 1 amide bonds. The maximum Gasteiger partial charge on any atom is 0.233 e. The molecule has 1 heterocycles. The van der Waals surface area contributed by atoms with Crippen LogP contribution in [-0.2, 0) is 11.3 Å². The molecule has 0 spiro atoms. The van der Waals surface area contributed by atoms with Gasteiger partial charge in [-0.05, 0) is 23.8 Å². The number of nitrogens with zero attached hydrogens (tertiary/aromatic N) is 1. The van der Waals surface area contributed by atoms with E-state index in [1.807, 2.05) is 55.6 Å². The Hall–Kier alpha value is -1.81. The third-order valence-electron chi connectivity index (χ3n) is 3.71. The van der Waals surface area contributed by atoms with Gasteiger partial charge in [-0.2, -0.15) is 0 Å². The highest BCUT2D eigenvalue weighted by molar-refractivity contribution is 9.10. The van der Waals surface area contributed by atoms with Crippen LogP contribution in [0, 0.1) is 0 Å². The molecule has 1 aliphatic heterocycles. The van der Waals surface area contributed by atoms with Gasteiger partial charge in [-0.3, -0.25) is 4.79 Å². The monoisotopic (exact) mass is 345 g/mol. The number of fused-ring (bicyclic) bond motifs is 1. The summed E-state index contributed by atoms with van der Waals surface area (Å²) in [6.45, 7) is 1.04. The molecule has 4 heteroatoms. The zero-order valence-corrected chi connectivity index (χ0v) is 13.3. The minimum Gasteiger partial charge on any atom is -0.492 e. The first-order valence-electron chi connectivity index (χ1n) is 6.86. The fraction of sp³-hybridized carbons (Fsp3) is 0.235. The van der Waals surface area contributed by atoms with Crippen molar-refractivity contribution in [2.45, 2.75) is 12.5 Å². The van der Waals surface area contributed by atoms with E-state index < -0.39 is 0 Å². The molecule has 0 fully saturated rings. The zero-order chi connectivity index (χ0) is 14.8. The third-order valence-corrected chi connectivity index (χ3v) is 4.24. The summed E-state index contributed by atoms with van der Waals surface area (Å²) in [7, 11) is 1.84. The van der Waals surface area contributed by atoms with Crippen LogP contribution in [-0.4, -0.2) is 24.5 Å². The van der Waals surface area contributed by atoms with Gasteiger partial charge in [0.25, 0.3) is 0 Å². The maximum atomic E-state index is 12.6. The first-order valence-corrected chi connectivity index (χ1v) is 7.65. The number of halogens is 1. The standard InChI is InChI=1S/C17H16BrNO2/c1-19(10-12-6-8-13(18)9-7-12)17(20)15-11-21-16-5-3-2-4-14(15)16/h2-9,15H,10-11H2,1H3. The molecule has 3 rings (SSSR count). The fourth-order valence-electron chi connectivity index (χ4n) is 2.57. The summed E-state index contributed by atoms with van der Waals surface area (Å²) in [6, 6.07) is 15.8. The molecule has 1 aliphatic rings. The van der Waals surface area contributed by atoms with E-state index in [1.54, 1.807) is 4.90 Å². The zero-order valence-electron chi connectivity index (χ0n) is 11.8. The average molecular weight is 346 g/mol. The minimum atomic E-state index is -0.193. The Morgan fingerprint density at radius 2 is 1.95 bits per heavy atom. The van der Waals surface area contributed by atoms with E-state index in [4.69, 9.17) is 4.74 Å². The molecular formula is C17H16BrNO2. The van der Waals surface area contributed by atoms with Crippen LogP contribution in [0.5, 0.6) is 5.75 Å². The lowest BCUT2D eigenvalue weighted by Gasteiger charge is -2.20. The molecule has 1 unspecified atom stereocenters. The van der Waals surface area contributed by atoms with Gasteiger partial charge in [0.2, 0.25) is 5.91 Å². The van der Waals surface area contributed by atoms with Gasteiger partial charge in [-0.25, -0.2) is 0 Å². The van der Waals surface area contributed by atoms with Crippen LogP contribution >= 0.6 is 15.9 Å². The second-order valence-corrected chi connectivity index (χ2v) is 6.14. The molecule has 0 N–H and O–H groups in total. The molecule has 0 saturated heterocycles. The quantitative estimate of drug-likeness (QED) is 0.850. The van der Waals surface area contributed by atoms with Gasteiger partial charge >= 0.3 is 0 Å². The maximum absolute atomic E-state index is 12.6. The molecule has 21 heavy (non-hydrogen) atoms. The number of carbonyl (C=O) groups is 1. The summed E-state index contributed by atoms with van der Waals surface area (Å²) in [5, 5.41) is 0. The summed E-state index contributed by atoms with van der Waals surface area (Å²) in [5.74, 6) is 0.734. The molecule has 2 aromatic rings. The number of hydrogen-bond donors (Lipinski definition) is 0. The molecule has 0 bridgehead atoms. The Balaban J connectivity index is 1.72. The van der Waals surface area contributed by atoms with Gasteiger partial charge in [0, 0.05) is 23.6 Å². The van der Waals surface area contributed by atoms with Gasteiger partial charge in [0.1, 0.15) is 18.3 Å². The smallest absolute Gasteiger partial charge is 0.233 e. The van der Waals surface area contributed by atoms with Crippen molar-refractivity contribution >= 4 is 21.8 Å². The second-order valence-electron chi connectivity index (χ2n) is 5.22. The molecular weight excluding hydrogens is 330 g/mol. The predicted octanol–water partition coefficient (Wildman–Crippen LogP) is 3.58. The van der Waals surface area contributed by atoms with Gasteiger partial charge in [0.05, 0.1) is 0 Å². The Morgan fingerprint density at radius 1 is 1.24 bits per heavy atom.